The number of hydrogen-bond donors (Lipinski definition) is 2. The minimum atomic E-state index is -0.738. The molecule has 9 nitrogen and oxygen atoms in total. The smallest absolute Gasteiger partial charge is 0.274 e. The van der Waals surface area contributed by atoms with Crippen molar-refractivity contribution in [2.75, 3.05) is 10.6 Å². The Hall–Kier alpha value is -4.71. The van der Waals surface area contributed by atoms with Crippen molar-refractivity contribution in [2.24, 2.45) is 0 Å². The molecule has 0 aliphatic carbocycles. The molecule has 4 aromatic heterocycles. The van der Waals surface area contributed by atoms with E-state index in [1.54, 1.807) is 44.6 Å². The highest BCUT2D eigenvalue weighted by Gasteiger charge is 2.23. The predicted octanol–water partition coefficient (Wildman–Crippen LogP) is 3.94. The lowest BCUT2D eigenvalue weighted by Crippen LogP contribution is -2.18. The first-order chi connectivity index (χ1) is 16.7. The third-order valence-electron chi connectivity index (χ3n) is 6.07. The molecule has 0 spiro atoms. The lowest BCUT2D eigenvalue weighted by atomic mass is 9.86. The first-order valence-corrected chi connectivity index (χ1v) is 11.0. The lowest BCUT2D eigenvalue weighted by molar-refractivity contribution is -0.115. The van der Waals surface area contributed by atoms with Gasteiger partial charge in [-0.3, -0.25) is 24.5 Å². The highest BCUT2D eigenvalue weighted by Crippen LogP contribution is 2.31. The minimum absolute atomic E-state index is 0.0921. The Balaban J connectivity index is 1.45. The van der Waals surface area contributed by atoms with Crippen LogP contribution in [0.25, 0.3) is 22.0 Å². The second kappa shape index (κ2) is 8.25. The number of aromatic nitrogens is 4. The average molecular weight is 464 g/mol. The molecular formula is C26H21N7O2. The van der Waals surface area contributed by atoms with E-state index in [9.17, 15) is 14.9 Å². The van der Waals surface area contributed by atoms with E-state index >= 15 is 0 Å². The number of fused-ring (bicyclic) bond motifs is 3. The number of nitrogens with zero attached hydrogens (tertiary/aromatic N) is 5. The summed E-state index contributed by atoms with van der Waals surface area (Å²) in [4.78, 5) is 42.2. The van der Waals surface area contributed by atoms with Crippen LogP contribution in [0.5, 0.6) is 0 Å². The lowest BCUT2D eigenvalue weighted by Gasteiger charge is -2.16. The van der Waals surface area contributed by atoms with Gasteiger partial charge in [-0.05, 0) is 50.6 Å². The zero-order chi connectivity index (χ0) is 24.7. The van der Waals surface area contributed by atoms with E-state index in [0.29, 0.717) is 17.1 Å². The van der Waals surface area contributed by atoms with Gasteiger partial charge in [-0.25, -0.2) is 4.98 Å². The summed E-state index contributed by atoms with van der Waals surface area (Å²) >= 11 is 0. The molecule has 172 valence electrons. The normalized spacial score (nSPS) is 12.7. The fraction of sp³-hybridized carbons (Fsp3) is 0.192. The number of nitrogens with one attached hydrogen (secondary N) is 2. The van der Waals surface area contributed by atoms with Crippen LogP contribution in [0.4, 0.5) is 11.5 Å². The molecule has 1 aliphatic heterocycles. The summed E-state index contributed by atoms with van der Waals surface area (Å²) in [6.07, 6.45) is 6.79. The maximum atomic E-state index is 12.9. The van der Waals surface area contributed by atoms with Crippen LogP contribution in [0.15, 0.2) is 49.1 Å². The highest BCUT2D eigenvalue weighted by atomic mass is 16.2. The van der Waals surface area contributed by atoms with Gasteiger partial charge in [-0.15, -0.1) is 0 Å². The first kappa shape index (κ1) is 22.1. The fourth-order valence-corrected chi connectivity index (χ4v) is 4.01. The summed E-state index contributed by atoms with van der Waals surface area (Å²) in [5.41, 5.74) is 4.61. The maximum Gasteiger partial charge on any atom is 0.274 e. The van der Waals surface area contributed by atoms with Gasteiger partial charge >= 0.3 is 0 Å². The molecule has 0 aromatic carbocycles. The van der Waals surface area contributed by atoms with Gasteiger partial charge in [0.1, 0.15) is 11.5 Å². The summed E-state index contributed by atoms with van der Waals surface area (Å²) in [6.45, 7) is 5.45. The number of carbonyl (C=O) groups excluding carboxylic acids is 2. The number of aryl methyl sites for hydroxylation is 1. The summed E-state index contributed by atoms with van der Waals surface area (Å²) in [6, 6.07) is 9.37. The predicted molar refractivity (Wildman–Crippen MR) is 131 cm³/mol. The van der Waals surface area contributed by atoms with Crippen molar-refractivity contribution in [1.82, 2.24) is 19.9 Å². The van der Waals surface area contributed by atoms with Gasteiger partial charge in [0.25, 0.3) is 5.91 Å². The Morgan fingerprint density at radius 2 is 1.94 bits per heavy atom. The van der Waals surface area contributed by atoms with E-state index in [2.05, 4.69) is 36.6 Å². The number of rotatable bonds is 4. The van der Waals surface area contributed by atoms with Crippen molar-refractivity contribution in [3.05, 3.63) is 71.6 Å². The topological polar surface area (TPSA) is 134 Å². The Bertz CT molecular complexity index is 1570. The van der Waals surface area contributed by atoms with E-state index in [1.807, 2.05) is 19.1 Å². The Morgan fingerprint density at radius 1 is 1.11 bits per heavy atom. The zero-order valence-corrected chi connectivity index (χ0v) is 19.4. The zero-order valence-electron chi connectivity index (χ0n) is 19.4. The minimum Gasteiger partial charge on any atom is -0.319 e. The molecule has 0 saturated heterocycles. The molecule has 35 heavy (non-hydrogen) atoms. The van der Waals surface area contributed by atoms with Gasteiger partial charge in [-0.2, -0.15) is 5.26 Å². The van der Waals surface area contributed by atoms with Crippen molar-refractivity contribution in [2.45, 2.75) is 32.6 Å². The summed E-state index contributed by atoms with van der Waals surface area (Å²) < 4.78 is 0. The van der Waals surface area contributed by atoms with Gasteiger partial charge in [0.15, 0.2) is 0 Å². The molecule has 5 rings (SSSR count). The number of pyridine rings is 4. The Kier molecular flexibility index (Phi) is 5.21. The monoisotopic (exact) mass is 463 g/mol. The van der Waals surface area contributed by atoms with Crippen molar-refractivity contribution >= 4 is 34.2 Å². The molecule has 2 N–H and O–H groups in total. The molecule has 4 aromatic rings. The molecule has 0 fully saturated rings. The van der Waals surface area contributed by atoms with Gasteiger partial charge < -0.3 is 10.6 Å². The summed E-state index contributed by atoms with van der Waals surface area (Å²) in [5.74, 6) is 0.0671. The second-order valence-electron chi connectivity index (χ2n) is 8.95. The standard InChI is InChI=1S/C26H21N7O2/c1-14-19(15-6-16-11-31-24-20(9-22(34)33-24)23(16)30-10-15)8-18(12-29-14)32-25(35)21-7-17(4-5-28-21)26(2,3)13-27/h4-8,10-12H,9H2,1-3H3,(H,32,35)(H,31,33,34). The van der Waals surface area contributed by atoms with E-state index in [4.69, 9.17) is 0 Å². The molecular weight excluding hydrogens is 442 g/mol. The molecule has 9 heteroatoms. The third kappa shape index (κ3) is 4.06. The van der Waals surface area contributed by atoms with Crippen LogP contribution in [0.1, 0.15) is 41.2 Å². The molecule has 2 amide bonds. The molecule has 0 bridgehead atoms. The fourth-order valence-electron chi connectivity index (χ4n) is 4.01. The van der Waals surface area contributed by atoms with Crippen LogP contribution in [0.3, 0.4) is 0 Å². The SMILES string of the molecule is Cc1ncc(NC(=O)c2cc(C(C)(C)C#N)ccn2)cc1-c1cnc2c3c(ncc2c1)NC(=O)C3. The van der Waals surface area contributed by atoms with Crippen LogP contribution >= 0.6 is 0 Å². The van der Waals surface area contributed by atoms with E-state index in [0.717, 1.165) is 33.3 Å². The second-order valence-corrected chi connectivity index (χ2v) is 8.95. The van der Waals surface area contributed by atoms with Gasteiger partial charge in [0.2, 0.25) is 5.91 Å². The van der Waals surface area contributed by atoms with Gasteiger partial charge in [0.05, 0.1) is 35.3 Å². The Labute approximate surface area is 201 Å². The number of carbonyl (C=O) groups is 2. The Morgan fingerprint density at radius 3 is 2.74 bits per heavy atom. The van der Waals surface area contributed by atoms with E-state index in [-0.39, 0.29) is 18.0 Å². The van der Waals surface area contributed by atoms with Crippen LogP contribution in [0.2, 0.25) is 0 Å². The van der Waals surface area contributed by atoms with E-state index in [1.165, 1.54) is 6.20 Å². The molecule has 1 aliphatic rings. The quantitative estimate of drug-likeness (QED) is 0.468. The summed E-state index contributed by atoms with van der Waals surface area (Å²) in [7, 11) is 0. The number of hydrogen-bond acceptors (Lipinski definition) is 7. The summed E-state index contributed by atoms with van der Waals surface area (Å²) in [5, 5.41) is 15.8. The van der Waals surface area contributed by atoms with Crippen molar-refractivity contribution in [1.29, 1.82) is 5.26 Å². The van der Waals surface area contributed by atoms with Gasteiger partial charge in [-0.1, -0.05) is 0 Å². The average Bonchev–Trinajstić information content (AvgIpc) is 3.25. The third-order valence-corrected chi connectivity index (χ3v) is 6.07. The van der Waals surface area contributed by atoms with Crippen LogP contribution in [-0.4, -0.2) is 31.8 Å². The van der Waals surface area contributed by atoms with Gasteiger partial charge in [0, 0.05) is 46.4 Å². The molecule has 0 atom stereocenters. The molecule has 0 radical (unpaired) electrons. The maximum absolute atomic E-state index is 12.9. The largest absolute Gasteiger partial charge is 0.319 e. The number of anilines is 2. The van der Waals surface area contributed by atoms with Crippen molar-refractivity contribution < 1.29 is 9.59 Å². The molecule has 0 saturated carbocycles. The van der Waals surface area contributed by atoms with Crippen molar-refractivity contribution in [3.63, 3.8) is 0 Å². The van der Waals surface area contributed by atoms with Crippen molar-refractivity contribution in [3.8, 4) is 17.2 Å². The van der Waals surface area contributed by atoms with Crippen LogP contribution < -0.4 is 10.6 Å². The molecule has 0 unspecified atom stereocenters. The van der Waals surface area contributed by atoms with Crippen LogP contribution in [-0.2, 0) is 16.6 Å². The highest BCUT2D eigenvalue weighted by molar-refractivity contribution is 6.04. The number of nitriles is 1. The first-order valence-electron chi connectivity index (χ1n) is 11.0. The van der Waals surface area contributed by atoms with E-state index < -0.39 is 11.3 Å². The molecule has 5 heterocycles. The number of amides is 2. The van der Waals surface area contributed by atoms with Crippen LogP contribution in [0, 0.1) is 18.3 Å².